The van der Waals surface area contributed by atoms with E-state index in [1.54, 1.807) is 0 Å². The number of nitrogens with zero attached hydrogens (tertiary/aromatic N) is 2. The summed E-state index contributed by atoms with van der Waals surface area (Å²) in [5.74, 6) is 0. The number of para-hydroxylation sites is 1. The Balaban J connectivity index is 1.07. The highest BCUT2D eigenvalue weighted by Crippen LogP contribution is 2.38. The van der Waals surface area contributed by atoms with Crippen molar-refractivity contribution < 1.29 is 0 Å². The third-order valence-electron chi connectivity index (χ3n) is 10.2. The molecule has 0 atom stereocenters. The van der Waals surface area contributed by atoms with E-state index in [0.717, 1.165) is 42.7 Å². The number of rotatable bonds is 9. The minimum Gasteiger partial charge on any atom is -0.315 e. The Hall–Kier alpha value is -6.12. The molecule has 0 aromatic heterocycles. The van der Waals surface area contributed by atoms with Gasteiger partial charge in [0.2, 0.25) is 0 Å². The number of allylic oxidation sites excluding steroid dienone is 7. The van der Waals surface area contributed by atoms with Crippen LogP contribution in [0.25, 0.3) is 33.4 Å². The largest absolute Gasteiger partial charge is 0.315 e. The van der Waals surface area contributed by atoms with Crippen LogP contribution in [0.1, 0.15) is 36.8 Å². The summed E-state index contributed by atoms with van der Waals surface area (Å²) in [5.41, 5.74) is 17.2. The van der Waals surface area contributed by atoms with Crippen LogP contribution in [0.4, 0.5) is 22.7 Å². The molecule has 2 heteroatoms. The van der Waals surface area contributed by atoms with E-state index in [2.05, 4.69) is 206 Å². The van der Waals surface area contributed by atoms with Crippen molar-refractivity contribution >= 4 is 22.7 Å². The van der Waals surface area contributed by atoms with E-state index in [0.29, 0.717) is 0 Å². The topological polar surface area (TPSA) is 6.48 Å². The monoisotopic (exact) mass is 672 g/mol. The van der Waals surface area contributed by atoms with Crippen molar-refractivity contribution in [3.8, 4) is 33.4 Å². The van der Waals surface area contributed by atoms with E-state index in [-0.39, 0.29) is 0 Å². The van der Waals surface area contributed by atoms with Crippen molar-refractivity contribution in [2.24, 2.45) is 0 Å². The minimum absolute atomic E-state index is 1.05. The van der Waals surface area contributed by atoms with Gasteiger partial charge in [0.25, 0.3) is 0 Å². The van der Waals surface area contributed by atoms with E-state index in [1.165, 1.54) is 61.6 Å². The number of hydrogen-bond donors (Lipinski definition) is 0. The molecule has 2 aliphatic carbocycles. The Morgan fingerprint density at radius 3 is 1.60 bits per heavy atom. The van der Waals surface area contributed by atoms with Crippen LogP contribution in [0.3, 0.4) is 0 Å². The molecule has 52 heavy (non-hydrogen) atoms. The maximum absolute atomic E-state index is 2.43. The van der Waals surface area contributed by atoms with Crippen LogP contribution in [-0.4, -0.2) is 0 Å². The Bertz CT molecular complexity index is 2290. The van der Waals surface area contributed by atoms with Gasteiger partial charge in [-0.3, -0.25) is 0 Å². The van der Waals surface area contributed by atoms with Crippen LogP contribution in [0.2, 0.25) is 0 Å². The zero-order valence-electron chi connectivity index (χ0n) is 30.0. The number of anilines is 4. The molecule has 0 aliphatic heterocycles. The molecule has 2 nitrogen and oxygen atoms in total. The summed E-state index contributed by atoms with van der Waals surface area (Å²) < 4.78 is 0. The molecule has 0 saturated heterocycles. The molecular formula is C50H44N2. The molecule has 0 heterocycles. The first-order valence-electron chi connectivity index (χ1n) is 18.5. The molecule has 0 saturated carbocycles. The zero-order valence-corrected chi connectivity index (χ0v) is 30.0. The zero-order chi connectivity index (χ0) is 35.3. The van der Waals surface area contributed by atoms with E-state index in [4.69, 9.17) is 0 Å². The lowest BCUT2D eigenvalue weighted by Crippen LogP contribution is -2.22. The standard InChI is InChI=1S/C50H44N2/c1-37-14-12-13-21-49(37)50-36-42(23-22-38(50)2)41-28-34-48(35-29-41)52(45-19-10-5-11-20-45)47-32-26-40(27-33-47)39-24-30-46(31-25-39)51(43-15-6-3-7-16-43)44-17-8-4-9-18-44/h3,5-6,8,10-15,17-36H,4,7,9,16H2,1-2H3. The van der Waals surface area contributed by atoms with E-state index in [1.807, 2.05) is 0 Å². The van der Waals surface area contributed by atoms with Crippen molar-refractivity contribution in [3.63, 3.8) is 0 Å². The molecule has 0 amide bonds. The van der Waals surface area contributed by atoms with E-state index >= 15 is 0 Å². The van der Waals surface area contributed by atoms with Gasteiger partial charge < -0.3 is 9.80 Å². The fourth-order valence-corrected chi connectivity index (χ4v) is 7.42. The molecule has 254 valence electrons. The van der Waals surface area contributed by atoms with Gasteiger partial charge in [-0.05, 0) is 151 Å². The van der Waals surface area contributed by atoms with Crippen molar-refractivity contribution in [2.75, 3.05) is 9.80 Å². The predicted octanol–water partition coefficient (Wildman–Crippen LogP) is 14.0. The van der Waals surface area contributed by atoms with Gasteiger partial charge in [-0.2, -0.15) is 0 Å². The van der Waals surface area contributed by atoms with Crippen LogP contribution < -0.4 is 9.80 Å². The second kappa shape index (κ2) is 15.0. The van der Waals surface area contributed by atoms with Crippen molar-refractivity contribution in [3.05, 3.63) is 205 Å². The third kappa shape index (κ3) is 6.93. The molecule has 2 aliphatic rings. The SMILES string of the molecule is Cc1ccccc1-c1cc(-c2ccc(N(c3ccccc3)c3ccc(-c4ccc(N(C5=CCCC=C5)C5=CC=CCC5)cc4)cc3)cc2)ccc1C. The maximum atomic E-state index is 2.43. The first kappa shape index (κ1) is 33.0. The fourth-order valence-electron chi connectivity index (χ4n) is 7.42. The molecule has 0 radical (unpaired) electrons. The van der Waals surface area contributed by atoms with E-state index in [9.17, 15) is 0 Å². The Labute approximate surface area is 309 Å². The van der Waals surface area contributed by atoms with Gasteiger partial charge in [0, 0.05) is 34.1 Å². The van der Waals surface area contributed by atoms with Crippen LogP contribution in [-0.2, 0) is 0 Å². The highest BCUT2D eigenvalue weighted by Gasteiger charge is 2.18. The summed E-state index contributed by atoms with van der Waals surface area (Å²) in [7, 11) is 0. The normalized spacial score (nSPS) is 13.7. The van der Waals surface area contributed by atoms with Gasteiger partial charge in [0.15, 0.2) is 0 Å². The Morgan fingerprint density at radius 1 is 0.442 bits per heavy atom. The van der Waals surface area contributed by atoms with Crippen molar-refractivity contribution in [2.45, 2.75) is 39.5 Å². The van der Waals surface area contributed by atoms with Crippen LogP contribution >= 0.6 is 0 Å². The maximum Gasteiger partial charge on any atom is 0.0462 e. The van der Waals surface area contributed by atoms with E-state index < -0.39 is 0 Å². The quantitative estimate of drug-likeness (QED) is 0.151. The average molecular weight is 673 g/mol. The molecule has 8 rings (SSSR count). The lowest BCUT2D eigenvalue weighted by molar-refractivity contribution is 0.887. The molecule has 0 unspecified atom stereocenters. The minimum atomic E-state index is 1.05. The molecular weight excluding hydrogens is 629 g/mol. The third-order valence-corrected chi connectivity index (χ3v) is 10.2. The summed E-state index contributed by atoms with van der Waals surface area (Å²) in [4.78, 5) is 4.76. The number of hydrogen-bond acceptors (Lipinski definition) is 2. The van der Waals surface area contributed by atoms with Gasteiger partial charge in [-0.1, -0.05) is 115 Å². The summed E-state index contributed by atoms with van der Waals surface area (Å²) in [5, 5.41) is 0. The second-order valence-corrected chi connectivity index (χ2v) is 13.7. The van der Waals surface area contributed by atoms with Gasteiger partial charge in [0.1, 0.15) is 0 Å². The summed E-state index contributed by atoms with van der Waals surface area (Å²) >= 11 is 0. The van der Waals surface area contributed by atoms with Crippen LogP contribution in [0.15, 0.2) is 193 Å². The second-order valence-electron chi connectivity index (χ2n) is 13.7. The molecule has 0 fully saturated rings. The Kier molecular flexibility index (Phi) is 9.54. The Morgan fingerprint density at radius 2 is 1.00 bits per heavy atom. The van der Waals surface area contributed by atoms with Crippen LogP contribution in [0.5, 0.6) is 0 Å². The molecule has 0 spiro atoms. The van der Waals surface area contributed by atoms with Gasteiger partial charge in [-0.25, -0.2) is 0 Å². The van der Waals surface area contributed by atoms with Crippen molar-refractivity contribution in [1.29, 1.82) is 0 Å². The highest BCUT2D eigenvalue weighted by molar-refractivity contribution is 5.82. The van der Waals surface area contributed by atoms with Crippen molar-refractivity contribution in [1.82, 2.24) is 0 Å². The molecule has 6 aromatic carbocycles. The van der Waals surface area contributed by atoms with Gasteiger partial charge in [0.05, 0.1) is 0 Å². The van der Waals surface area contributed by atoms with Gasteiger partial charge >= 0.3 is 0 Å². The highest BCUT2D eigenvalue weighted by atomic mass is 15.2. The van der Waals surface area contributed by atoms with Crippen LogP contribution in [0, 0.1) is 13.8 Å². The molecule has 0 N–H and O–H groups in total. The smallest absolute Gasteiger partial charge is 0.0462 e. The lowest BCUT2D eigenvalue weighted by atomic mass is 9.93. The summed E-state index contributed by atoms with van der Waals surface area (Å²) in [6.07, 6.45) is 17.9. The van der Waals surface area contributed by atoms with Gasteiger partial charge in [-0.15, -0.1) is 0 Å². The molecule has 6 aromatic rings. The number of benzene rings is 6. The lowest BCUT2D eigenvalue weighted by Gasteiger charge is -2.31. The first-order valence-corrected chi connectivity index (χ1v) is 18.5. The number of aryl methyl sites for hydroxylation is 2. The fraction of sp³-hybridized carbons (Fsp3) is 0.120. The molecule has 0 bridgehead atoms. The first-order chi connectivity index (χ1) is 25.6. The predicted molar refractivity (Wildman–Crippen MR) is 222 cm³/mol. The summed E-state index contributed by atoms with van der Waals surface area (Å²) in [6, 6.07) is 53.1. The summed E-state index contributed by atoms with van der Waals surface area (Å²) in [6.45, 7) is 4.38. The average Bonchev–Trinajstić information content (AvgIpc) is 3.21.